The van der Waals surface area contributed by atoms with Crippen LogP contribution in [0.15, 0.2) is 6.07 Å². The molecule has 0 spiro atoms. The van der Waals surface area contributed by atoms with E-state index in [-0.39, 0.29) is 24.4 Å². The van der Waals surface area contributed by atoms with Crippen molar-refractivity contribution in [3.8, 4) is 0 Å². The van der Waals surface area contributed by atoms with E-state index in [9.17, 15) is 18.3 Å². The number of aliphatic hydroxyl groups excluding tert-OH is 1. The van der Waals surface area contributed by atoms with Crippen molar-refractivity contribution in [2.75, 3.05) is 29.9 Å². The molecule has 1 fully saturated rings. The topological polar surface area (TPSA) is 61.3 Å². The summed E-state index contributed by atoms with van der Waals surface area (Å²) in [5.74, 6) is 0.177. The van der Waals surface area contributed by atoms with Gasteiger partial charge in [-0.3, -0.25) is 0 Å². The molecule has 1 saturated heterocycles. The number of aromatic nitrogens is 2. The molecule has 8 heteroatoms. The number of rotatable bonds is 4. The first-order chi connectivity index (χ1) is 9.95. The standard InChI is InChI=1S/C13H19F3N4O/c1-2-17-12-18-10(13(14,15)16)7-11(19-12)20-6-4-3-5-9(20)8-21/h7,9,21H,2-6,8H2,1H3,(H,17,18,19). The molecule has 0 aliphatic carbocycles. The third-order valence-corrected chi connectivity index (χ3v) is 3.47. The molecule has 1 aliphatic heterocycles. The highest BCUT2D eigenvalue weighted by Gasteiger charge is 2.35. The molecule has 0 aromatic carbocycles. The number of alkyl halides is 3. The maximum atomic E-state index is 12.9. The summed E-state index contributed by atoms with van der Waals surface area (Å²) in [5.41, 5.74) is -0.967. The minimum Gasteiger partial charge on any atom is -0.394 e. The van der Waals surface area contributed by atoms with Crippen LogP contribution in [0, 0.1) is 0 Å². The summed E-state index contributed by atoms with van der Waals surface area (Å²) in [6.07, 6.45) is -1.94. The quantitative estimate of drug-likeness (QED) is 0.893. The lowest BCUT2D eigenvalue weighted by Crippen LogP contribution is -2.42. The van der Waals surface area contributed by atoms with E-state index in [4.69, 9.17) is 0 Å². The summed E-state index contributed by atoms with van der Waals surface area (Å²) in [6, 6.07) is 0.763. The van der Waals surface area contributed by atoms with E-state index in [1.165, 1.54) is 0 Å². The van der Waals surface area contributed by atoms with Crippen LogP contribution in [0.4, 0.5) is 24.9 Å². The number of aliphatic hydroxyl groups is 1. The van der Waals surface area contributed by atoms with Gasteiger partial charge >= 0.3 is 6.18 Å². The highest BCUT2D eigenvalue weighted by atomic mass is 19.4. The third-order valence-electron chi connectivity index (χ3n) is 3.47. The third kappa shape index (κ3) is 3.75. The van der Waals surface area contributed by atoms with E-state index in [2.05, 4.69) is 15.3 Å². The minimum atomic E-state index is -4.52. The summed E-state index contributed by atoms with van der Waals surface area (Å²) in [6.45, 7) is 2.69. The Kier molecular flexibility index (Phi) is 4.87. The van der Waals surface area contributed by atoms with Crippen LogP contribution in [-0.4, -0.2) is 40.8 Å². The van der Waals surface area contributed by atoms with E-state index in [0.29, 0.717) is 13.1 Å². The maximum absolute atomic E-state index is 12.9. The Hall–Kier alpha value is -1.57. The number of nitrogens with one attached hydrogen (secondary N) is 1. The molecule has 1 unspecified atom stereocenters. The second-order valence-electron chi connectivity index (χ2n) is 4.99. The van der Waals surface area contributed by atoms with Gasteiger partial charge in [-0.15, -0.1) is 0 Å². The van der Waals surface area contributed by atoms with Crippen LogP contribution in [0.3, 0.4) is 0 Å². The highest BCUT2D eigenvalue weighted by molar-refractivity contribution is 5.47. The van der Waals surface area contributed by atoms with Gasteiger partial charge in [0.1, 0.15) is 5.82 Å². The summed E-state index contributed by atoms with van der Waals surface area (Å²) < 4.78 is 38.8. The van der Waals surface area contributed by atoms with E-state index >= 15 is 0 Å². The van der Waals surface area contributed by atoms with Crippen molar-refractivity contribution in [3.05, 3.63) is 11.8 Å². The van der Waals surface area contributed by atoms with Crippen molar-refractivity contribution in [1.29, 1.82) is 0 Å². The smallest absolute Gasteiger partial charge is 0.394 e. The number of hydrogen-bond acceptors (Lipinski definition) is 5. The Morgan fingerprint density at radius 2 is 2.14 bits per heavy atom. The first-order valence-corrected chi connectivity index (χ1v) is 7.03. The summed E-state index contributed by atoms with van der Waals surface area (Å²) in [7, 11) is 0. The van der Waals surface area contributed by atoms with Crippen LogP contribution >= 0.6 is 0 Å². The van der Waals surface area contributed by atoms with Crippen molar-refractivity contribution in [3.63, 3.8) is 0 Å². The lowest BCUT2D eigenvalue weighted by atomic mass is 10.0. The lowest BCUT2D eigenvalue weighted by molar-refractivity contribution is -0.141. The van der Waals surface area contributed by atoms with Gasteiger partial charge in [-0.1, -0.05) is 0 Å². The molecular weight excluding hydrogens is 285 g/mol. The molecule has 1 aliphatic rings. The Balaban J connectivity index is 2.38. The van der Waals surface area contributed by atoms with Gasteiger partial charge in [0, 0.05) is 19.2 Å². The van der Waals surface area contributed by atoms with E-state index in [1.807, 2.05) is 0 Å². The van der Waals surface area contributed by atoms with Gasteiger partial charge in [-0.25, -0.2) is 4.98 Å². The fraction of sp³-hybridized carbons (Fsp3) is 0.692. The molecule has 1 atom stereocenters. The molecular formula is C13H19F3N4O. The zero-order chi connectivity index (χ0) is 15.5. The van der Waals surface area contributed by atoms with Crippen molar-refractivity contribution in [2.24, 2.45) is 0 Å². The first-order valence-electron chi connectivity index (χ1n) is 7.03. The average molecular weight is 304 g/mol. The number of halogens is 3. The monoisotopic (exact) mass is 304 g/mol. The molecule has 0 saturated carbocycles. The predicted molar refractivity (Wildman–Crippen MR) is 73.3 cm³/mol. The molecule has 0 radical (unpaired) electrons. The van der Waals surface area contributed by atoms with Crippen molar-refractivity contribution >= 4 is 11.8 Å². The number of anilines is 2. The van der Waals surface area contributed by atoms with Crippen molar-refractivity contribution in [1.82, 2.24) is 9.97 Å². The van der Waals surface area contributed by atoms with Gasteiger partial charge in [0.15, 0.2) is 5.69 Å². The zero-order valence-electron chi connectivity index (χ0n) is 11.8. The molecule has 2 heterocycles. The van der Waals surface area contributed by atoms with Gasteiger partial charge in [-0.2, -0.15) is 18.2 Å². The minimum absolute atomic E-state index is 0.0374. The van der Waals surface area contributed by atoms with Crippen molar-refractivity contribution in [2.45, 2.75) is 38.4 Å². The molecule has 5 nitrogen and oxygen atoms in total. The summed E-state index contributed by atoms with van der Waals surface area (Å²) >= 11 is 0. The molecule has 1 aromatic rings. The zero-order valence-corrected chi connectivity index (χ0v) is 11.8. The maximum Gasteiger partial charge on any atom is 0.433 e. The Labute approximate surface area is 121 Å². The summed E-state index contributed by atoms with van der Waals surface area (Å²) in [5, 5.41) is 12.1. The van der Waals surface area contributed by atoms with Gasteiger partial charge in [0.2, 0.25) is 5.95 Å². The fourth-order valence-corrected chi connectivity index (χ4v) is 2.46. The van der Waals surface area contributed by atoms with Crippen LogP contribution in [-0.2, 0) is 6.18 Å². The van der Waals surface area contributed by atoms with E-state index < -0.39 is 11.9 Å². The first kappa shape index (κ1) is 15.8. The van der Waals surface area contributed by atoms with Crippen molar-refractivity contribution < 1.29 is 18.3 Å². The molecule has 118 valence electrons. The molecule has 2 N–H and O–H groups in total. The van der Waals surface area contributed by atoms with Gasteiger partial charge < -0.3 is 15.3 Å². The van der Waals surface area contributed by atoms with Gasteiger partial charge in [-0.05, 0) is 26.2 Å². The normalized spacial score (nSPS) is 19.7. The lowest BCUT2D eigenvalue weighted by Gasteiger charge is -2.35. The predicted octanol–water partition coefficient (Wildman–Crippen LogP) is 2.28. The number of piperidine rings is 1. The second-order valence-corrected chi connectivity index (χ2v) is 4.99. The molecule has 1 aromatic heterocycles. The Bertz CT molecular complexity index is 481. The van der Waals surface area contributed by atoms with Crippen LogP contribution in [0.25, 0.3) is 0 Å². The largest absolute Gasteiger partial charge is 0.433 e. The molecule has 0 amide bonds. The SMILES string of the molecule is CCNc1nc(N2CCCCC2CO)cc(C(F)(F)F)n1. The van der Waals surface area contributed by atoms with Gasteiger partial charge in [0.25, 0.3) is 0 Å². The highest BCUT2D eigenvalue weighted by Crippen LogP contribution is 2.32. The van der Waals surface area contributed by atoms with E-state index in [0.717, 1.165) is 25.3 Å². The molecule has 0 bridgehead atoms. The second kappa shape index (κ2) is 6.46. The Morgan fingerprint density at radius 3 is 2.76 bits per heavy atom. The summed E-state index contributed by atoms with van der Waals surface area (Å²) in [4.78, 5) is 9.39. The van der Waals surface area contributed by atoms with Crippen LogP contribution < -0.4 is 10.2 Å². The van der Waals surface area contributed by atoms with Gasteiger partial charge in [0.05, 0.1) is 12.6 Å². The fourth-order valence-electron chi connectivity index (χ4n) is 2.46. The van der Waals surface area contributed by atoms with Crippen LogP contribution in [0.5, 0.6) is 0 Å². The Morgan fingerprint density at radius 1 is 1.38 bits per heavy atom. The van der Waals surface area contributed by atoms with E-state index in [1.54, 1.807) is 11.8 Å². The number of hydrogen-bond donors (Lipinski definition) is 2. The molecule has 21 heavy (non-hydrogen) atoms. The number of nitrogens with zero attached hydrogens (tertiary/aromatic N) is 3. The van der Waals surface area contributed by atoms with Crippen LogP contribution in [0.1, 0.15) is 31.9 Å². The van der Waals surface area contributed by atoms with Crippen LogP contribution in [0.2, 0.25) is 0 Å². The molecule has 2 rings (SSSR count). The average Bonchev–Trinajstić information content (AvgIpc) is 2.46.